The molecule has 2 rings (SSSR count). The third kappa shape index (κ3) is 5.96. The van der Waals surface area contributed by atoms with Crippen molar-refractivity contribution in [3.63, 3.8) is 0 Å². The first-order chi connectivity index (χ1) is 10.7. The molecule has 2 aliphatic rings. The lowest BCUT2D eigenvalue weighted by Gasteiger charge is -2.41. The van der Waals surface area contributed by atoms with Crippen molar-refractivity contribution in [2.45, 2.75) is 89.5 Å². The molecule has 0 radical (unpaired) electrons. The predicted octanol–water partition coefficient (Wildman–Crippen LogP) is 2.92. The fourth-order valence-corrected chi connectivity index (χ4v) is 3.57. The largest absolute Gasteiger partial charge is 0.444 e. The molecule has 0 saturated heterocycles. The maximum atomic E-state index is 12.1. The third-order valence-electron chi connectivity index (χ3n) is 5.17. The van der Waals surface area contributed by atoms with E-state index in [9.17, 15) is 9.90 Å². The van der Waals surface area contributed by atoms with Crippen LogP contribution in [0.1, 0.15) is 65.7 Å². The summed E-state index contributed by atoms with van der Waals surface area (Å²) in [5.74, 6) is 0.878. The quantitative estimate of drug-likeness (QED) is 0.815. The summed E-state index contributed by atoms with van der Waals surface area (Å²) in [4.78, 5) is 14.4. The number of aliphatic hydroxyl groups excluding tert-OH is 1. The van der Waals surface area contributed by atoms with Crippen molar-refractivity contribution in [3.8, 4) is 0 Å². The Morgan fingerprint density at radius 2 is 1.96 bits per heavy atom. The van der Waals surface area contributed by atoms with Crippen molar-refractivity contribution in [1.82, 2.24) is 10.2 Å². The van der Waals surface area contributed by atoms with Crippen LogP contribution in [0, 0.1) is 5.92 Å². The molecule has 5 nitrogen and oxygen atoms in total. The number of nitrogens with one attached hydrogen (secondary N) is 1. The van der Waals surface area contributed by atoms with Crippen LogP contribution in [0.3, 0.4) is 0 Å². The molecule has 0 aromatic carbocycles. The molecule has 2 aliphatic carbocycles. The minimum absolute atomic E-state index is 0.0552. The van der Waals surface area contributed by atoms with E-state index in [-0.39, 0.29) is 24.3 Å². The van der Waals surface area contributed by atoms with E-state index in [0.29, 0.717) is 0 Å². The highest BCUT2D eigenvalue weighted by Crippen LogP contribution is 2.30. The second-order valence-electron chi connectivity index (χ2n) is 8.35. The Balaban J connectivity index is 1.87. The monoisotopic (exact) mass is 326 g/mol. The van der Waals surface area contributed by atoms with Crippen molar-refractivity contribution in [2.75, 3.05) is 13.6 Å². The van der Waals surface area contributed by atoms with Gasteiger partial charge in [0.05, 0.1) is 6.10 Å². The van der Waals surface area contributed by atoms with E-state index >= 15 is 0 Å². The van der Waals surface area contributed by atoms with Gasteiger partial charge >= 0.3 is 6.09 Å². The first-order valence-corrected chi connectivity index (χ1v) is 9.12. The van der Waals surface area contributed by atoms with Crippen LogP contribution in [0.15, 0.2) is 0 Å². The van der Waals surface area contributed by atoms with Crippen LogP contribution in [0.2, 0.25) is 0 Å². The molecule has 0 aliphatic heterocycles. The molecule has 3 atom stereocenters. The summed E-state index contributed by atoms with van der Waals surface area (Å²) in [5.41, 5.74) is -0.482. The number of nitrogens with zero attached hydrogens (tertiary/aromatic N) is 1. The number of likely N-dealkylation sites (N-methyl/N-ethyl adjacent to an activating group) is 1. The minimum atomic E-state index is -0.482. The summed E-state index contributed by atoms with van der Waals surface area (Å²) < 4.78 is 5.39. The van der Waals surface area contributed by atoms with Gasteiger partial charge in [0.2, 0.25) is 0 Å². The zero-order valence-electron chi connectivity index (χ0n) is 15.2. The Labute approximate surface area is 140 Å². The van der Waals surface area contributed by atoms with E-state index in [1.165, 1.54) is 25.7 Å². The average Bonchev–Trinajstić information content (AvgIpc) is 2.36. The Bertz CT molecular complexity index is 390. The molecule has 5 heteroatoms. The van der Waals surface area contributed by atoms with Crippen molar-refractivity contribution in [2.24, 2.45) is 5.92 Å². The first kappa shape index (κ1) is 18.5. The van der Waals surface area contributed by atoms with E-state index < -0.39 is 5.60 Å². The molecule has 0 aromatic rings. The maximum Gasteiger partial charge on any atom is 0.407 e. The van der Waals surface area contributed by atoms with Gasteiger partial charge in [-0.1, -0.05) is 19.3 Å². The zero-order chi connectivity index (χ0) is 17.0. The van der Waals surface area contributed by atoms with Crippen molar-refractivity contribution >= 4 is 6.09 Å². The van der Waals surface area contributed by atoms with Crippen LogP contribution in [0.5, 0.6) is 0 Å². The van der Waals surface area contributed by atoms with Gasteiger partial charge in [-0.3, -0.25) is 0 Å². The Morgan fingerprint density at radius 3 is 2.52 bits per heavy atom. The van der Waals surface area contributed by atoms with Gasteiger partial charge in [-0.2, -0.15) is 0 Å². The molecule has 1 amide bonds. The molecule has 0 heterocycles. The van der Waals surface area contributed by atoms with Crippen LogP contribution in [-0.2, 0) is 4.74 Å². The lowest BCUT2D eigenvalue weighted by Crippen LogP contribution is -2.55. The molecular weight excluding hydrogens is 292 g/mol. The van der Waals surface area contributed by atoms with E-state index in [0.717, 1.165) is 31.7 Å². The minimum Gasteiger partial charge on any atom is -0.444 e. The second-order valence-corrected chi connectivity index (χ2v) is 8.35. The van der Waals surface area contributed by atoms with Crippen LogP contribution >= 0.6 is 0 Å². The van der Waals surface area contributed by atoms with E-state index in [4.69, 9.17) is 4.74 Å². The number of ether oxygens (including phenoxy) is 1. The molecule has 2 saturated carbocycles. The molecule has 0 spiro atoms. The summed E-state index contributed by atoms with van der Waals surface area (Å²) in [6.45, 7) is 6.66. The van der Waals surface area contributed by atoms with Crippen molar-refractivity contribution in [1.29, 1.82) is 0 Å². The van der Waals surface area contributed by atoms with E-state index in [2.05, 4.69) is 17.3 Å². The number of hydrogen-bond donors (Lipinski definition) is 2. The van der Waals surface area contributed by atoms with E-state index in [1.54, 1.807) is 0 Å². The number of rotatable bonds is 5. The Hall–Kier alpha value is -0.810. The van der Waals surface area contributed by atoms with Gasteiger partial charge in [-0.25, -0.2) is 4.79 Å². The number of carbonyl (C=O) groups excluding carboxylic acids is 1. The molecule has 23 heavy (non-hydrogen) atoms. The van der Waals surface area contributed by atoms with Crippen LogP contribution in [-0.4, -0.2) is 53.5 Å². The smallest absolute Gasteiger partial charge is 0.407 e. The molecule has 134 valence electrons. The summed E-state index contributed by atoms with van der Waals surface area (Å²) in [6, 6.07) is 0.242. The lowest BCUT2D eigenvalue weighted by atomic mass is 9.82. The zero-order valence-corrected chi connectivity index (χ0v) is 15.2. The third-order valence-corrected chi connectivity index (χ3v) is 5.17. The molecular formula is C18H34N2O3. The fourth-order valence-electron chi connectivity index (χ4n) is 3.57. The summed E-state index contributed by atoms with van der Waals surface area (Å²) in [5, 5.41) is 13.1. The number of alkyl carbamates (subject to hydrolysis) is 1. The topological polar surface area (TPSA) is 61.8 Å². The predicted molar refractivity (Wildman–Crippen MR) is 91.4 cm³/mol. The second kappa shape index (κ2) is 7.84. The standard InChI is InChI=1S/C18H34N2O3/c1-18(2,3)23-17(22)19-15-9-8-14(21)12-16(15)20(4)11-10-13-6-5-7-13/h13-16,21H,5-12H2,1-4H3,(H,19,22). The van der Waals surface area contributed by atoms with Gasteiger partial charge in [-0.05, 0) is 66.0 Å². The maximum absolute atomic E-state index is 12.1. The summed E-state index contributed by atoms with van der Waals surface area (Å²) in [6.07, 6.45) is 6.98. The SMILES string of the molecule is CN(CCC1CCC1)C1CC(O)CCC1NC(=O)OC(C)(C)C. The summed E-state index contributed by atoms with van der Waals surface area (Å²) in [7, 11) is 2.12. The fraction of sp³-hybridized carbons (Fsp3) is 0.944. The summed E-state index contributed by atoms with van der Waals surface area (Å²) >= 11 is 0. The molecule has 2 fully saturated rings. The first-order valence-electron chi connectivity index (χ1n) is 9.12. The molecule has 3 unspecified atom stereocenters. The highest BCUT2D eigenvalue weighted by atomic mass is 16.6. The average molecular weight is 326 g/mol. The molecule has 0 aromatic heterocycles. The molecule has 2 N–H and O–H groups in total. The number of carbonyl (C=O) groups is 1. The molecule has 0 bridgehead atoms. The highest BCUT2D eigenvalue weighted by Gasteiger charge is 2.34. The highest BCUT2D eigenvalue weighted by molar-refractivity contribution is 5.68. The van der Waals surface area contributed by atoms with Gasteiger partial charge in [-0.15, -0.1) is 0 Å². The van der Waals surface area contributed by atoms with Gasteiger partial charge in [0.15, 0.2) is 0 Å². The van der Waals surface area contributed by atoms with Gasteiger partial charge in [0.25, 0.3) is 0 Å². The van der Waals surface area contributed by atoms with E-state index in [1.807, 2.05) is 20.8 Å². The van der Waals surface area contributed by atoms with Crippen LogP contribution in [0.4, 0.5) is 4.79 Å². The number of aliphatic hydroxyl groups is 1. The Kier molecular flexibility index (Phi) is 6.32. The van der Waals surface area contributed by atoms with Crippen molar-refractivity contribution < 1.29 is 14.6 Å². The van der Waals surface area contributed by atoms with Crippen LogP contribution < -0.4 is 5.32 Å². The van der Waals surface area contributed by atoms with Crippen molar-refractivity contribution in [3.05, 3.63) is 0 Å². The van der Waals surface area contributed by atoms with Crippen LogP contribution in [0.25, 0.3) is 0 Å². The van der Waals surface area contributed by atoms with Gasteiger partial charge < -0.3 is 20.1 Å². The normalized spacial score (nSPS) is 29.2. The lowest BCUT2D eigenvalue weighted by molar-refractivity contribution is 0.0270. The number of amides is 1. The number of hydrogen-bond acceptors (Lipinski definition) is 4. The van der Waals surface area contributed by atoms with Gasteiger partial charge in [0, 0.05) is 12.1 Å². The Morgan fingerprint density at radius 1 is 1.26 bits per heavy atom. The van der Waals surface area contributed by atoms with Gasteiger partial charge in [0.1, 0.15) is 5.60 Å².